The second kappa shape index (κ2) is 9.33. The molecule has 11 heteroatoms. The molecule has 0 unspecified atom stereocenters. The number of furan rings is 1. The summed E-state index contributed by atoms with van der Waals surface area (Å²) in [6.45, 7) is 4.23. The van der Waals surface area contributed by atoms with Crippen LogP contribution in [0.1, 0.15) is 5.69 Å². The van der Waals surface area contributed by atoms with Gasteiger partial charge in [0.05, 0.1) is 31.2 Å². The smallest absolute Gasteiger partial charge is 0.311 e. The van der Waals surface area contributed by atoms with E-state index in [4.69, 9.17) is 4.42 Å². The van der Waals surface area contributed by atoms with E-state index >= 15 is 0 Å². The summed E-state index contributed by atoms with van der Waals surface area (Å²) >= 11 is 2.49. The Bertz CT molecular complexity index is 964. The third-order valence-corrected chi connectivity index (χ3v) is 5.23. The van der Waals surface area contributed by atoms with Crippen molar-refractivity contribution < 1.29 is 18.7 Å². The number of hydrogen-bond donors (Lipinski definition) is 1. The molecule has 0 aromatic carbocycles. The Hall–Kier alpha value is -2.92. The number of ether oxygens (including phenoxy) is 1. The fourth-order valence-corrected chi connectivity index (χ4v) is 3.70. The average Bonchev–Trinajstić information content (AvgIpc) is 3.42. The number of methoxy groups -OCH3 is 1. The number of carbonyl (C=O) groups is 2. The molecule has 9 nitrogen and oxygen atoms in total. The number of esters is 1. The molecule has 0 spiro atoms. The predicted molar refractivity (Wildman–Crippen MR) is 105 cm³/mol. The lowest BCUT2D eigenvalue weighted by molar-refractivity contribution is -0.139. The molecule has 1 N–H and O–H groups in total. The van der Waals surface area contributed by atoms with Crippen LogP contribution in [-0.4, -0.2) is 44.5 Å². The van der Waals surface area contributed by atoms with Crippen molar-refractivity contribution in [2.45, 2.75) is 18.1 Å². The molecular weight excluding hydrogens is 402 g/mol. The zero-order chi connectivity index (χ0) is 19.9. The highest BCUT2D eigenvalue weighted by molar-refractivity contribution is 7.99. The SMILES string of the molecule is C=CCn1c(SCC(=O)Nc2nc(CC(=O)OC)cs2)nnc1-c1ccco1. The van der Waals surface area contributed by atoms with E-state index < -0.39 is 0 Å². The zero-order valence-electron chi connectivity index (χ0n) is 15.0. The average molecular weight is 419 g/mol. The van der Waals surface area contributed by atoms with Gasteiger partial charge in [-0.05, 0) is 12.1 Å². The molecule has 3 aromatic rings. The molecule has 3 heterocycles. The molecule has 3 aromatic heterocycles. The fourth-order valence-electron chi connectivity index (χ4n) is 2.23. The first-order valence-corrected chi connectivity index (χ1v) is 9.99. The van der Waals surface area contributed by atoms with Crippen LogP contribution < -0.4 is 5.32 Å². The molecule has 0 radical (unpaired) electrons. The topological polar surface area (TPSA) is 112 Å². The second-order valence-corrected chi connectivity index (χ2v) is 7.22. The van der Waals surface area contributed by atoms with Gasteiger partial charge in [-0.15, -0.1) is 28.1 Å². The highest BCUT2D eigenvalue weighted by Crippen LogP contribution is 2.25. The van der Waals surface area contributed by atoms with Gasteiger partial charge in [0.1, 0.15) is 0 Å². The van der Waals surface area contributed by atoms with Crippen LogP contribution in [0.3, 0.4) is 0 Å². The van der Waals surface area contributed by atoms with Crippen molar-refractivity contribution in [1.29, 1.82) is 0 Å². The van der Waals surface area contributed by atoms with Crippen LogP contribution >= 0.6 is 23.1 Å². The summed E-state index contributed by atoms with van der Waals surface area (Å²) in [6.07, 6.45) is 3.35. The van der Waals surface area contributed by atoms with E-state index in [0.717, 1.165) is 0 Å². The van der Waals surface area contributed by atoms with Crippen molar-refractivity contribution in [3.63, 3.8) is 0 Å². The monoisotopic (exact) mass is 419 g/mol. The molecule has 146 valence electrons. The lowest BCUT2D eigenvalue weighted by atomic mass is 10.3. The number of nitrogens with one attached hydrogen (secondary N) is 1. The standard InChI is InChI=1S/C17H17N5O4S2/c1-3-6-22-15(12-5-4-7-26-12)20-21-17(22)28-10-13(23)19-16-18-11(9-27-16)8-14(24)25-2/h3-5,7,9H,1,6,8,10H2,2H3,(H,18,19,23). The molecule has 3 rings (SSSR count). The maximum absolute atomic E-state index is 12.2. The van der Waals surface area contributed by atoms with E-state index in [1.807, 2.05) is 4.57 Å². The van der Waals surface area contributed by atoms with E-state index in [1.54, 1.807) is 29.9 Å². The third kappa shape index (κ3) is 4.87. The van der Waals surface area contributed by atoms with Gasteiger partial charge < -0.3 is 14.5 Å². The van der Waals surface area contributed by atoms with Crippen LogP contribution in [0.25, 0.3) is 11.6 Å². The summed E-state index contributed by atoms with van der Waals surface area (Å²) in [7, 11) is 1.32. The quantitative estimate of drug-likeness (QED) is 0.320. The normalized spacial score (nSPS) is 10.6. The number of carbonyl (C=O) groups excluding carboxylic acids is 2. The Balaban J connectivity index is 1.60. The maximum atomic E-state index is 12.2. The van der Waals surface area contributed by atoms with Crippen LogP contribution in [0.2, 0.25) is 0 Å². The molecule has 0 aliphatic heterocycles. The summed E-state index contributed by atoms with van der Waals surface area (Å²) in [4.78, 5) is 27.7. The van der Waals surface area contributed by atoms with Gasteiger partial charge in [-0.1, -0.05) is 17.8 Å². The summed E-state index contributed by atoms with van der Waals surface area (Å²) in [5.74, 6) is 0.662. The van der Waals surface area contributed by atoms with Crippen LogP contribution in [0.4, 0.5) is 5.13 Å². The van der Waals surface area contributed by atoms with Crippen LogP contribution in [-0.2, 0) is 27.3 Å². The first-order valence-electron chi connectivity index (χ1n) is 8.12. The van der Waals surface area contributed by atoms with Crippen molar-refractivity contribution in [3.05, 3.63) is 42.1 Å². The number of nitrogens with zero attached hydrogens (tertiary/aromatic N) is 4. The number of amides is 1. The van der Waals surface area contributed by atoms with Crippen molar-refractivity contribution in [2.75, 3.05) is 18.2 Å². The fraction of sp³-hybridized carbons (Fsp3) is 0.235. The maximum Gasteiger partial charge on any atom is 0.311 e. The minimum Gasteiger partial charge on any atom is -0.469 e. The second-order valence-electron chi connectivity index (χ2n) is 5.42. The molecule has 1 amide bonds. The van der Waals surface area contributed by atoms with E-state index in [-0.39, 0.29) is 24.1 Å². The molecule has 0 bridgehead atoms. The number of aromatic nitrogens is 4. The molecular formula is C17H17N5O4S2. The van der Waals surface area contributed by atoms with Gasteiger partial charge in [0, 0.05) is 11.9 Å². The molecule has 28 heavy (non-hydrogen) atoms. The van der Waals surface area contributed by atoms with Gasteiger partial charge >= 0.3 is 5.97 Å². The van der Waals surface area contributed by atoms with Gasteiger partial charge in [0.15, 0.2) is 16.0 Å². The molecule has 0 fully saturated rings. The lowest BCUT2D eigenvalue weighted by Gasteiger charge is -2.06. The Kier molecular flexibility index (Phi) is 6.61. The van der Waals surface area contributed by atoms with E-state index in [0.29, 0.717) is 34.1 Å². The first-order chi connectivity index (χ1) is 13.6. The van der Waals surface area contributed by atoms with Crippen molar-refractivity contribution in [2.24, 2.45) is 0 Å². The Morgan fingerprint density at radius 1 is 1.46 bits per heavy atom. The van der Waals surface area contributed by atoms with E-state index in [9.17, 15) is 9.59 Å². The molecule has 0 saturated carbocycles. The van der Waals surface area contributed by atoms with E-state index in [2.05, 4.69) is 31.8 Å². The number of thiazole rings is 1. The highest BCUT2D eigenvalue weighted by Gasteiger charge is 2.17. The Morgan fingerprint density at radius 3 is 3.04 bits per heavy atom. The summed E-state index contributed by atoms with van der Waals surface area (Å²) in [5.41, 5.74) is 0.550. The van der Waals surface area contributed by atoms with Crippen molar-refractivity contribution in [3.8, 4) is 11.6 Å². The summed E-state index contributed by atoms with van der Waals surface area (Å²) in [5, 5.41) is 13.7. The van der Waals surface area contributed by atoms with Crippen LogP contribution in [0.15, 0.2) is 46.0 Å². The minimum atomic E-state index is -0.382. The number of thioether (sulfide) groups is 1. The van der Waals surface area contributed by atoms with Gasteiger partial charge in [-0.3, -0.25) is 14.2 Å². The zero-order valence-corrected chi connectivity index (χ0v) is 16.6. The van der Waals surface area contributed by atoms with Crippen LogP contribution in [0, 0.1) is 0 Å². The number of anilines is 1. The third-order valence-electron chi connectivity index (χ3n) is 3.45. The summed E-state index contributed by atoms with van der Waals surface area (Å²) < 4.78 is 11.8. The van der Waals surface area contributed by atoms with Gasteiger partial charge in [0.25, 0.3) is 0 Å². The first kappa shape index (κ1) is 19.8. The summed E-state index contributed by atoms with van der Waals surface area (Å²) in [6, 6.07) is 3.56. The van der Waals surface area contributed by atoms with Gasteiger partial charge in [-0.2, -0.15) is 0 Å². The number of rotatable bonds is 9. The van der Waals surface area contributed by atoms with Gasteiger partial charge in [-0.25, -0.2) is 4.98 Å². The largest absolute Gasteiger partial charge is 0.469 e. The van der Waals surface area contributed by atoms with Crippen molar-refractivity contribution >= 4 is 40.1 Å². The van der Waals surface area contributed by atoms with E-state index in [1.165, 1.54) is 30.2 Å². The predicted octanol–water partition coefficient (Wildman–Crippen LogP) is 2.63. The number of allylic oxidation sites excluding steroid dienone is 1. The number of hydrogen-bond acceptors (Lipinski definition) is 9. The molecule has 0 aliphatic carbocycles. The highest BCUT2D eigenvalue weighted by atomic mass is 32.2. The molecule has 0 atom stereocenters. The minimum absolute atomic E-state index is 0.0673. The van der Waals surface area contributed by atoms with Gasteiger partial charge in [0.2, 0.25) is 11.7 Å². The molecule has 0 saturated heterocycles. The molecule has 0 aliphatic rings. The van der Waals surface area contributed by atoms with Crippen molar-refractivity contribution in [1.82, 2.24) is 19.7 Å². The lowest BCUT2D eigenvalue weighted by Crippen LogP contribution is -2.14. The Morgan fingerprint density at radius 2 is 2.32 bits per heavy atom. The Labute approximate surface area is 168 Å². The van der Waals surface area contributed by atoms with Crippen LogP contribution in [0.5, 0.6) is 0 Å².